The van der Waals surface area contributed by atoms with Crippen molar-refractivity contribution in [2.24, 2.45) is 0 Å². The highest BCUT2D eigenvalue weighted by molar-refractivity contribution is 8.27. The summed E-state index contributed by atoms with van der Waals surface area (Å²) < 4.78 is 10.9. The van der Waals surface area contributed by atoms with Gasteiger partial charge in [-0.1, -0.05) is 30.0 Å². The molecule has 0 spiro atoms. The molecule has 1 aliphatic rings. The minimum atomic E-state index is -1.03. The number of carboxylic acids is 1. The molecule has 3 rings (SSSR count). The molecular weight excluding hydrogens is 386 g/mol. The second kappa shape index (κ2) is 7.81. The summed E-state index contributed by atoms with van der Waals surface area (Å²) in [4.78, 5) is 25.6. The van der Waals surface area contributed by atoms with E-state index in [0.717, 1.165) is 5.56 Å². The number of rotatable bonds is 5. The molecular formula is C19H15NO5S2. The maximum absolute atomic E-state index is 12.8. The van der Waals surface area contributed by atoms with Gasteiger partial charge in [0.05, 0.1) is 30.4 Å². The molecule has 27 heavy (non-hydrogen) atoms. The van der Waals surface area contributed by atoms with E-state index in [2.05, 4.69) is 0 Å². The molecule has 0 aromatic heterocycles. The summed E-state index contributed by atoms with van der Waals surface area (Å²) in [6.45, 7) is 0. The average Bonchev–Trinajstić information content (AvgIpc) is 2.94. The van der Waals surface area contributed by atoms with Crippen LogP contribution in [0.2, 0.25) is 0 Å². The van der Waals surface area contributed by atoms with Crippen LogP contribution in [-0.2, 0) is 4.79 Å². The quantitative estimate of drug-likeness (QED) is 0.603. The van der Waals surface area contributed by atoms with E-state index in [1.165, 1.54) is 28.8 Å². The molecule has 0 saturated carbocycles. The topological polar surface area (TPSA) is 76.1 Å². The zero-order valence-corrected chi connectivity index (χ0v) is 16.1. The lowest BCUT2D eigenvalue weighted by Gasteiger charge is -2.14. The SMILES string of the molecule is COc1ccc(/C=C2\SC(=S)N(c3ccc(C(=O)O)cc3)C2=O)cc1OC. The first kappa shape index (κ1) is 18.9. The van der Waals surface area contributed by atoms with Gasteiger partial charge in [0.1, 0.15) is 0 Å². The minimum absolute atomic E-state index is 0.144. The van der Waals surface area contributed by atoms with Gasteiger partial charge >= 0.3 is 5.97 Å². The Morgan fingerprint density at radius 3 is 2.37 bits per heavy atom. The first-order valence-corrected chi connectivity index (χ1v) is 9.00. The molecule has 1 heterocycles. The van der Waals surface area contributed by atoms with E-state index < -0.39 is 5.97 Å². The van der Waals surface area contributed by atoms with E-state index in [9.17, 15) is 9.59 Å². The van der Waals surface area contributed by atoms with Crippen LogP contribution in [0.25, 0.3) is 6.08 Å². The number of thiocarbonyl (C=S) groups is 1. The van der Waals surface area contributed by atoms with E-state index in [1.54, 1.807) is 44.6 Å². The number of carbonyl (C=O) groups is 2. The molecule has 0 radical (unpaired) electrons. The molecule has 1 saturated heterocycles. The van der Waals surface area contributed by atoms with Crippen molar-refractivity contribution in [2.45, 2.75) is 0 Å². The number of aromatic carboxylic acids is 1. The van der Waals surface area contributed by atoms with Crippen molar-refractivity contribution >= 4 is 51.9 Å². The number of ether oxygens (including phenoxy) is 2. The van der Waals surface area contributed by atoms with Gasteiger partial charge in [0.25, 0.3) is 5.91 Å². The van der Waals surface area contributed by atoms with Crippen molar-refractivity contribution in [3.05, 3.63) is 58.5 Å². The van der Waals surface area contributed by atoms with Gasteiger partial charge in [-0.2, -0.15) is 0 Å². The molecule has 138 valence electrons. The number of benzene rings is 2. The van der Waals surface area contributed by atoms with Gasteiger partial charge in [-0.25, -0.2) is 4.79 Å². The number of nitrogens with zero attached hydrogens (tertiary/aromatic N) is 1. The smallest absolute Gasteiger partial charge is 0.335 e. The minimum Gasteiger partial charge on any atom is -0.493 e. The lowest BCUT2D eigenvalue weighted by Crippen LogP contribution is -2.27. The Hall–Kier alpha value is -2.84. The summed E-state index contributed by atoms with van der Waals surface area (Å²) in [5, 5.41) is 8.99. The number of carboxylic acid groups (broad SMARTS) is 1. The van der Waals surface area contributed by atoms with E-state index >= 15 is 0 Å². The van der Waals surface area contributed by atoms with Crippen molar-refractivity contribution in [3.8, 4) is 11.5 Å². The van der Waals surface area contributed by atoms with Crippen LogP contribution in [0.4, 0.5) is 5.69 Å². The van der Waals surface area contributed by atoms with Crippen LogP contribution < -0.4 is 14.4 Å². The maximum Gasteiger partial charge on any atom is 0.335 e. The number of thioether (sulfide) groups is 1. The van der Waals surface area contributed by atoms with E-state index in [0.29, 0.717) is 26.4 Å². The van der Waals surface area contributed by atoms with E-state index in [1.807, 2.05) is 6.07 Å². The average molecular weight is 401 g/mol. The van der Waals surface area contributed by atoms with Crippen LogP contribution in [0.15, 0.2) is 47.4 Å². The summed E-state index contributed by atoms with van der Waals surface area (Å²) in [5.41, 5.74) is 1.44. The maximum atomic E-state index is 12.8. The normalized spacial score (nSPS) is 15.3. The number of amides is 1. The zero-order valence-electron chi connectivity index (χ0n) is 14.5. The molecule has 0 aliphatic carbocycles. The van der Waals surface area contributed by atoms with Gasteiger partial charge in [0, 0.05) is 0 Å². The Bertz CT molecular complexity index is 953. The fourth-order valence-electron chi connectivity index (χ4n) is 2.54. The summed E-state index contributed by atoms with van der Waals surface area (Å²) in [7, 11) is 3.10. The predicted octanol–water partition coefficient (Wildman–Crippen LogP) is 3.81. The lowest BCUT2D eigenvalue weighted by atomic mass is 10.1. The second-order valence-electron chi connectivity index (χ2n) is 5.48. The molecule has 0 bridgehead atoms. The first-order valence-electron chi connectivity index (χ1n) is 7.78. The summed E-state index contributed by atoms with van der Waals surface area (Å²) in [6, 6.07) is 11.3. The highest BCUT2D eigenvalue weighted by Crippen LogP contribution is 2.37. The molecule has 1 aliphatic heterocycles. The largest absolute Gasteiger partial charge is 0.493 e. The van der Waals surface area contributed by atoms with Gasteiger partial charge in [0.2, 0.25) is 0 Å². The predicted molar refractivity (Wildman–Crippen MR) is 109 cm³/mol. The summed E-state index contributed by atoms with van der Waals surface area (Å²) >= 11 is 6.52. The molecule has 1 amide bonds. The third-order valence-corrected chi connectivity index (χ3v) is 5.17. The van der Waals surface area contributed by atoms with Crippen molar-refractivity contribution in [1.29, 1.82) is 0 Å². The van der Waals surface area contributed by atoms with Gasteiger partial charge in [-0.05, 0) is 48.0 Å². The summed E-state index contributed by atoms with van der Waals surface area (Å²) in [6.07, 6.45) is 1.73. The molecule has 8 heteroatoms. The van der Waals surface area contributed by atoms with Crippen LogP contribution in [-0.4, -0.2) is 35.5 Å². The molecule has 1 fully saturated rings. The van der Waals surface area contributed by atoms with Crippen LogP contribution in [0.5, 0.6) is 11.5 Å². The number of hydrogen-bond donors (Lipinski definition) is 1. The molecule has 2 aromatic carbocycles. The highest BCUT2D eigenvalue weighted by atomic mass is 32.2. The van der Waals surface area contributed by atoms with Crippen molar-refractivity contribution in [2.75, 3.05) is 19.1 Å². The highest BCUT2D eigenvalue weighted by Gasteiger charge is 2.33. The first-order chi connectivity index (χ1) is 12.9. The van der Waals surface area contributed by atoms with Crippen LogP contribution in [0.3, 0.4) is 0 Å². The number of anilines is 1. The van der Waals surface area contributed by atoms with E-state index in [-0.39, 0.29) is 11.5 Å². The van der Waals surface area contributed by atoms with Gasteiger partial charge in [-0.3, -0.25) is 9.69 Å². The van der Waals surface area contributed by atoms with Crippen LogP contribution in [0, 0.1) is 0 Å². The van der Waals surface area contributed by atoms with Crippen LogP contribution >= 0.6 is 24.0 Å². The Morgan fingerprint density at radius 2 is 1.78 bits per heavy atom. The Kier molecular flexibility index (Phi) is 5.48. The Morgan fingerprint density at radius 1 is 1.11 bits per heavy atom. The number of carbonyl (C=O) groups excluding carboxylic acids is 1. The number of hydrogen-bond acceptors (Lipinski definition) is 6. The van der Waals surface area contributed by atoms with Crippen molar-refractivity contribution in [3.63, 3.8) is 0 Å². The van der Waals surface area contributed by atoms with Gasteiger partial charge in [0.15, 0.2) is 15.8 Å². The standard InChI is InChI=1S/C19H15NO5S2/c1-24-14-8-3-11(9-15(14)25-2)10-16-17(21)20(19(26)27-16)13-6-4-12(5-7-13)18(22)23/h3-10H,1-2H3,(H,22,23)/b16-10-. The molecule has 0 atom stereocenters. The zero-order chi connectivity index (χ0) is 19.6. The fraction of sp³-hybridized carbons (Fsp3) is 0.105. The molecule has 1 N–H and O–H groups in total. The van der Waals surface area contributed by atoms with Crippen molar-refractivity contribution in [1.82, 2.24) is 0 Å². The third-order valence-electron chi connectivity index (χ3n) is 3.87. The van der Waals surface area contributed by atoms with Gasteiger partial charge < -0.3 is 14.6 Å². The van der Waals surface area contributed by atoms with Gasteiger partial charge in [-0.15, -0.1) is 0 Å². The molecule has 2 aromatic rings. The fourth-order valence-corrected chi connectivity index (χ4v) is 3.84. The third kappa shape index (κ3) is 3.81. The molecule has 0 unspecified atom stereocenters. The Balaban J connectivity index is 1.89. The van der Waals surface area contributed by atoms with Crippen LogP contribution in [0.1, 0.15) is 15.9 Å². The second-order valence-corrected chi connectivity index (χ2v) is 7.16. The monoisotopic (exact) mass is 401 g/mol. The molecule has 6 nitrogen and oxygen atoms in total. The Labute approximate surface area is 165 Å². The number of methoxy groups -OCH3 is 2. The van der Waals surface area contributed by atoms with E-state index in [4.69, 9.17) is 26.8 Å². The summed E-state index contributed by atoms with van der Waals surface area (Å²) in [5.74, 6) is -0.130. The lowest BCUT2D eigenvalue weighted by molar-refractivity contribution is -0.113. The van der Waals surface area contributed by atoms with Crippen molar-refractivity contribution < 1.29 is 24.2 Å².